The van der Waals surface area contributed by atoms with E-state index in [9.17, 15) is 5.11 Å². The fourth-order valence-electron chi connectivity index (χ4n) is 1.76. The smallest absolute Gasteiger partial charge is 0.161 e. The highest BCUT2D eigenvalue weighted by Crippen LogP contribution is 2.28. The second-order valence-corrected chi connectivity index (χ2v) is 5.53. The molecular weight excluding hydrogens is 254 g/mol. The molecule has 0 bridgehead atoms. The van der Waals surface area contributed by atoms with Crippen molar-refractivity contribution < 1.29 is 14.6 Å². The average Bonchev–Trinajstić information content (AvgIpc) is 2.39. The standard InChI is InChI=1S/C16H27NO3/c1-6-20-15-9-13(7-8-14(15)19-5)10-17-11-16(4,18)12(2)3/h7-9,12,17-18H,6,10-11H2,1-5H3. The Morgan fingerprint density at radius 3 is 2.55 bits per heavy atom. The molecular formula is C16H27NO3. The minimum absolute atomic E-state index is 0.213. The molecule has 20 heavy (non-hydrogen) atoms. The van der Waals surface area contributed by atoms with Gasteiger partial charge in [0.1, 0.15) is 0 Å². The van der Waals surface area contributed by atoms with Crippen molar-refractivity contribution in [2.75, 3.05) is 20.3 Å². The topological polar surface area (TPSA) is 50.7 Å². The molecule has 1 rings (SSSR count). The lowest BCUT2D eigenvalue weighted by atomic mass is 9.92. The zero-order valence-electron chi connectivity index (χ0n) is 13.2. The van der Waals surface area contributed by atoms with Crippen molar-refractivity contribution in [1.82, 2.24) is 5.32 Å². The number of rotatable bonds is 8. The van der Waals surface area contributed by atoms with Crippen LogP contribution in [0.25, 0.3) is 0 Å². The molecule has 0 amide bonds. The van der Waals surface area contributed by atoms with Crippen LogP contribution in [0.3, 0.4) is 0 Å². The van der Waals surface area contributed by atoms with Crippen LogP contribution < -0.4 is 14.8 Å². The van der Waals surface area contributed by atoms with Gasteiger partial charge in [0.2, 0.25) is 0 Å². The maximum Gasteiger partial charge on any atom is 0.161 e. The van der Waals surface area contributed by atoms with Gasteiger partial charge in [-0.15, -0.1) is 0 Å². The van der Waals surface area contributed by atoms with Crippen LogP contribution in [0, 0.1) is 5.92 Å². The number of ether oxygens (including phenoxy) is 2. The Kier molecular flexibility index (Phi) is 6.30. The van der Waals surface area contributed by atoms with Crippen molar-refractivity contribution >= 4 is 0 Å². The summed E-state index contributed by atoms with van der Waals surface area (Å²) in [5.74, 6) is 1.71. The van der Waals surface area contributed by atoms with Crippen LogP contribution in [0.2, 0.25) is 0 Å². The van der Waals surface area contributed by atoms with Gasteiger partial charge in [0.15, 0.2) is 11.5 Å². The molecule has 4 nitrogen and oxygen atoms in total. The van der Waals surface area contributed by atoms with Crippen molar-refractivity contribution in [3.8, 4) is 11.5 Å². The van der Waals surface area contributed by atoms with Gasteiger partial charge in [0.25, 0.3) is 0 Å². The third kappa shape index (κ3) is 4.69. The summed E-state index contributed by atoms with van der Waals surface area (Å²) in [6, 6.07) is 5.88. The van der Waals surface area contributed by atoms with Crippen molar-refractivity contribution in [2.45, 2.75) is 39.8 Å². The Morgan fingerprint density at radius 2 is 2.00 bits per heavy atom. The lowest BCUT2D eigenvalue weighted by Gasteiger charge is -2.28. The minimum atomic E-state index is -0.699. The fraction of sp³-hybridized carbons (Fsp3) is 0.625. The van der Waals surface area contributed by atoms with Gasteiger partial charge in [-0.2, -0.15) is 0 Å². The Labute approximate surface area is 122 Å². The molecule has 0 saturated carbocycles. The lowest BCUT2D eigenvalue weighted by molar-refractivity contribution is 0.0140. The van der Waals surface area contributed by atoms with Gasteiger partial charge in [0, 0.05) is 13.1 Å². The molecule has 0 aromatic heterocycles. The molecule has 0 spiro atoms. The third-order valence-electron chi connectivity index (χ3n) is 3.58. The second kappa shape index (κ2) is 7.50. The normalized spacial score (nSPS) is 14.2. The molecule has 0 aliphatic heterocycles. The molecule has 1 aromatic carbocycles. The zero-order valence-corrected chi connectivity index (χ0v) is 13.2. The van der Waals surface area contributed by atoms with E-state index >= 15 is 0 Å². The summed E-state index contributed by atoms with van der Waals surface area (Å²) in [4.78, 5) is 0. The quantitative estimate of drug-likeness (QED) is 0.769. The predicted octanol–water partition coefficient (Wildman–Crippen LogP) is 2.59. The fourth-order valence-corrected chi connectivity index (χ4v) is 1.76. The van der Waals surface area contributed by atoms with Crippen molar-refractivity contribution in [1.29, 1.82) is 0 Å². The first-order valence-electron chi connectivity index (χ1n) is 7.13. The predicted molar refractivity (Wildman–Crippen MR) is 81.3 cm³/mol. The SMILES string of the molecule is CCOc1cc(CNCC(C)(O)C(C)C)ccc1OC. The number of hydrogen-bond acceptors (Lipinski definition) is 4. The van der Waals surface area contributed by atoms with E-state index < -0.39 is 5.60 Å². The van der Waals surface area contributed by atoms with Gasteiger partial charge in [0.05, 0.1) is 19.3 Å². The van der Waals surface area contributed by atoms with E-state index in [4.69, 9.17) is 9.47 Å². The summed E-state index contributed by atoms with van der Waals surface area (Å²) in [6.07, 6.45) is 0. The first-order valence-corrected chi connectivity index (χ1v) is 7.13. The van der Waals surface area contributed by atoms with Crippen LogP contribution in [0.1, 0.15) is 33.3 Å². The van der Waals surface area contributed by atoms with Gasteiger partial charge in [-0.05, 0) is 37.5 Å². The lowest BCUT2D eigenvalue weighted by Crippen LogP contribution is -2.41. The van der Waals surface area contributed by atoms with Crippen LogP contribution in [0.5, 0.6) is 11.5 Å². The molecule has 0 radical (unpaired) electrons. The van der Waals surface area contributed by atoms with Crippen molar-refractivity contribution in [3.05, 3.63) is 23.8 Å². The molecule has 1 unspecified atom stereocenters. The van der Waals surface area contributed by atoms with Crippen LogP contribution >= 0.6 is 0 Å². The minimum Gasteiger partial charge on any atom is -0.493 e. The van der Waals surface area contributed by atoms with Crippen LogP contribution in [-0.2, 0) is 6.54 Å². The van der Waals surface area contributed by atoms with Crippen LogP contribution in [0.4, 0.5) is 0 Å². The number of hydrogen-bond donors (Lipinski definition) is 2. The summed E-state index contributed by atoms with van der Waals surface area (Å²) in [5.41, 5.74) is 0.406. The Morgan fingerprint density at radius 1 is 1.30 bits per heavy atom. The van der Waals surface area contributed by atoms with Crippen molar-refractivity contribution in [3.63, 3.8) is 0 Å². The Hall–Kier alpha value is -1.26. The first kappa shape index (κ1) is 16.8. The van der Waals surface area contributed by atoms with Gasteiger partial charge in [-0.3, -0.25) is 0 Å². The van der Waals surface area contributed by atoms with Gasteiger partial charge in [-0.1, -0.05) is 19.9 Å². The summed E-state index contributed by atoms with van der Waals surface area (Å²) >= 11 is 0. The maximum absolute atomic E-state index is 10.2. The molecule has 2 N–H and O–H groups in total. The highest BCUT2D eigenvalue weighted by molar-refractivity contribution is 5.42. The van der Waals surface area contributed by atoms with Crippen LogP contribution in [-0.4, -0.2) is 31.0 Å². The van der Waals surface area contributed by atoms with E-state index in [1.54, 1.807) is 7.11 Å². The summed E-state index contributed by atoms with van der Waals surface area (Å²) < 4.78 is 10.8. The molecule has 4 heteroatoms. The monoisotopic (exact) mass is 281 g/mol. The number of methoxy groups -OCH3 is 1. The Bertz CT molecular complexity index is 416. The van der Waals surface area contributed by atoms with Crippen LogP contribution in [0.15, 0.2) is 18.2 Å². The van der Waals surface area contributed by atoms with E-state index in [1.165, 1.54) is 0 Å². The molecule has 0 aliphatic carbocycles. The van der Waals surface area contributed by atoms with Gasteiger partial charge in [-0.25, -0.2) is 0 Å². The Balaban J connectivity index is 2.62. The molecule has 1 atom stereocenters. The molecule has 0 heterocycles. The number of nitrogens with one attached hydrogen (secondary N) is 1. The maximum atomic E-state index is 10.2. The highest BCUT2D eigenvalue weighted by atomic mass is 16.5. The third-order valence-corrected chi connectivity index (χ3v) is 3.58. The molecule has 0 fully saturated rings. The number of aliphatic hydroxyl groups is 1. The van der Waals surface area contributed by atoms with E-state index in [2.05, 4.69) is 5.32 Å². The summed E-state index contributed by atoms with van der Waals surface area (Å²) in [5, 5.41) is 13.5. The molecule has 114 valence electrons. The second-order valence-electron chi connectivity index (χ2n) is 5.53. The van der Waals surface area contributed by atoms with Gasteiger partial charge < -0.3 is 19.9 Å². The summed E-state index contributed by atoms with van der Waals surface area (Å²) in [7, 11) is 1.63. The zero-order chi connectivity index (χ0) is 15.2. The molecule has 0 saturated heterocycles. The summed E-state index contributed by atoms with van der Waals surface area (Å²) in [6.45, 7) is 9.68. The number of benzene rings is 1. The van der Waals surface area contributed by atoms with E-state index in [-0.39, 0.29) is 5.92 Å². The highest BCUT2D eigenvalue weighted by Gasteiger charge is 2.23. The van der Waals surface area contributed by atoms with E-state index in [1.807, 2.05) is 45.9 Å². The largest absolute Gasteiger partial charge is 0.493 e. The molecule has 1 aromatic rings. The van der Waals surface area contributed by atoms with Crippen molar-refractivity contribution in [2.24, 2.45) is 5.92 Å². The average molecular weight is 281 g/mol. The van der Waals surface area contributed by atoms with E-state index in [0.29, 0.717) is 19.7 Å². The molecule has 0 aliphatic rings. The van der Waals surface area contributed by atoms with E-state index in [0.717, 1.165) is 17.1 Å². The first-order chi connectivity index (χ1) is 9.40. The van der Waals surface area contributed by atoms with Gasteiger partial charge >= 0.3 is 0 Å².